The van der Waals surface area contributed by atoms with Gasteiger partial charge in [0.2, 0.25) is 0 Å². The number of benzene rings is 2. The standard InChI is InChI=1S/C22H28N2O4/c1-3-14-28-20-17(8-7-11-19(20)27-2)15-23-21(25)24-13-12-22(26,16-24)18-9-5-4-6-10-18/h4-11,26H,3,12-16H2,1-2H3,(H,23,25). The van der Waals surface area contributed by atoms with E-state index in [1.807, 2.05) is 55.5 Å². The van der Waals surface area contributed by atoms with Crippen LogP contribution >= 0.6 is 0 Å². The van der Waals surface area contributed by atoms with E-state index in [-0.39, 0.29) is 12.6 Å². The third-order valence-electron chi connectivity index (χ3n) is 5.01. The molecule has 0 aliphatic carbocycles. The first-order valence-corrected chi connectivity index (χ1v) is 9.66. The SMILES string of the molecule is CCCOc1c(CNC(=O)N2CCC(O)(c3ccccc3)C2)cccc1OC. The van der Waals surface area contributed by atoms with Gasteiger partial charge in [-0.05, 0) is 24.5 Å². The first-order chi connectivity index (χ1) is 13.6. The van der Waals surface area contributed by atoms with Crippen LogP contribution in [0.3, 0.4) is 0 Å². The Bertz CT molecular complexity index is 796. The van der Waals surface area contributed by atoms with E-state index in [1.165, 1.54) is 0 Å². The summed E-state index contributed by atoms with van der Waals surface area (Å²) in [6, 6.07) is 14.9. The zero-order chi connectivity index (χ0) is 20.0. The molecule has 0 aromatic heterocycles. The van der Waals surface area contributed by atoms with Crippen LogP contribution in [0.2, 0.25) is 0 Å². The van der Waals surface area contributed by atoms with Crippen molar-refractivity contribution < 1.29 is 19.4 Å². The lowest BCUT2D eigenvalue weighted by molar-refractivity contribution is 0.0494. The molecular formula is C22H28N2O4. The number of hydrogen-bond donors (Lipinski definition) is 2. The molecule has 1 fully saturated rings. The number of amides is 2. The van der Waals surface area contributed by atoms with Crippen LogP contribution in [0.15, 0.2) is 48.5 Å². The lowest BCUT2D eigenvalue weighted by atomic mass is 9.93. The van der Waals surface area contributed by atoms with E-state index in [9.17, 15) is 9.90 Å². The molecule has 150 valence electrons. The number of nitrogens with zero attached hydrogens (tertiary/aromatic N) is 1. The van der Waals surface area contributed by atoms with Gasteiger partial charge in [0.1, 0.15) is 5.60 Å². The molecule has 0 spiro atoms. The maximum Gasteiger partial charge on any atom is 0.317 e. The van der Waals surface area contributed by atoms with Gasteiger partial charge in [-0.1, -0.05) is 49.4 Å². The van der Waals surface area contributed by atoms with Gasteiger partial charge in [0, 0.05) is 18.7 Å². The molecule has 6 heteroatoms. The highest BCUT2D eigenvalue weighted by molar-refractivity contribution is 5.75. The number of likely N-dealkylation sites (tertiary alicyclic amines) is 1. The fourth-order valence-corrected chi connectivity index (χ4v) is 3.46. The minimum absolute atomic E-state index is 0.198. The molecule has 0 bridgehead atoms. The minimum atomic E-state index is -0.996. The van der Waals surface area contributed by atoms with Gasteiger partial charge >= 0.3 is 6.03 Å². The van der Waals surface area contributed by atoms with E-state index in [0.29, 0.717) is 37.6 Å². The summed E-state index contributed by atoms with van der Waals surface area (Å²) in [5.41, 5.74) is 0.705. The molecule has 0 saturated carbocycles. The van der Waals surface area contributed by atoms with E-state index in [2.05, 4.69) is 5.32 Å². The Morgan fingerprint density at radius 3 is 2.71 bits per heavy atom. The monoisotopic (exact) mass is 384 g/mol. The molecule has 1 saturated heterocycles. The zero-order valence-corrected chi connectivity index (χ0v) is 16.5. The fraction of sp³-hybridized carbons (Fsp3) is 0.409. The summed E-state index contributed by atoms with van der Waals surface area (Å²) in [4.78, 5) is 14.3. The topological polar surface area (TPSA) is 71.0 Å². The predicted octanol–water partition coefficient (Wildman–Crippen LogP) is 3.29. The average molecular weight is 384 g/mol. The van der Waals surface area contributed by atoms with Crippen molar-refractivity contribution in [2.24, 2.45) is 0 Å². The van der Waals surface area contributed by atoms with E-state index in [0.717, 1.165) is 17.5 Å². The molecular weight excluding hydrogens is 356 g/mol. The van der Waals surface area contributed by atoms with Crippen LogP contribution in [0, 0.1) is 0 Å². The number of hydrogen-bond acceptors (Lipinski definition) is 4. The Hall–Kier alpha value is -2.73. The molecule has 1 heterocycles. The third kappa shape index (κ3) is 4.39. The predicted molar refractivity (Wildman–Crippen MR) is 108 cm³/mol. The molecule has 2 N–H and O–H groups in total. The highest BCUT2D eigenvalue weighted by Gasteiger charge is 2.39. The van der Waals surface area contributed by atoms with E-state index in [4.69, 9.17) is 9.47 Å². The lowest BCUT2D eigenvalue weighted by Crippen LogP contribution is -2.40. The second-order valence-corrected chi connectivity index (χ2v) is 7.02. The lowest BCUT2D eigenvalue weighted by Gasteiger charge is -2.24. The summed E-state index contributed by atoms with van der Waals surface area (Å²) in [5, 5.41) is 13.9. The Morgan fingerprint density at radius 2 is 2.00 bits per heavy atom. The molecule has 2 aromatic carbocycles. The summed E-state index contributed by atoms with van der Waals surface area (Å²) in [5.74, 6) is 1.31. The van der Waals surface area contributed by atoms with Crippen LogP contribution < -0.4 is 14.8 Å². The maximum atomic E-state index is 12.6. The largest absolute Gasteiger partial charge is 0.493 e. The number of aliphatic hydroxyl groups is 1. The quantitative estimate of drug-likeness (QED) is 0.769. The maximum absolute atomic E-state index is 12.6. The minimum Gasteiger partial charge on any atom is -0.493 e. The molecule has 1 unspecified atom stereocenters. The van der Waals surface area contributed by atoms with Crippen LogP contribution in [0.5, 0.6) is 11.5 Å². The highest BCUT2D eigenvalue weighted by Crippen LogP contribution is 2.33. The smallest absolute Gasteiger partial charge is 0.317 e. The van der Waals surface area contributed by atoms with Crippen LogP contribution in [0.1, 0.15) is 30.9 Å². The summed E-state index contributed by atoms with van der Waals surface area (Å²) in [7, 11) is 1.60. The number of para-hydroxylation sites is 1. The van der Waals surface area contributed by atoms with Crippen molar-refractivity contribution in [1.29, 1.82) is 0 Å². The second kappa shape index (κ2) is 8.97. The number of carbonyl (C=O) groups excluding carboxylic acids is 1. The first-order valence-electron chi connectivity index (χ1n) is 9.66. The molecule has 0 radical (unpaired) electrons. The summed E-state index contributed by atoms with van der Waals surface area (Å²) < 4.78 is 11.2. The number of ether oxygens (including phenoxy) is 2. The van der Waals surface area contributed by atoms with Gasteiger partial charge in [-0.3, -0.25) is 0 Å². The average Bonchev–Trinajstić information content (AvgIpc) is 3.14. The van der Waals surface area contributed by atoms with Gasteiger partial charge in [0.25, 0.3) is 0 Å². The van der Waals surface area contributed by atoms with Gasteiger partial charge in [-0.15, -0.1) is 0 Å². The Labute approximate surface area is 166 Å². The molecule has 2 aromatic rings. The van der Waals surface area contributed by atoms with Crippen molar-refractivity contribution in [2.75, 3.05) is 26.8 Å². The Kier molecular flexibility index (Phi) is 6.41. The van der Waals surface area contributed by atoms with E-state index >= 15 is 0 Å². The number of β-amino-alcohol motifs (C(OH)–C–C–N with tert-alkyl or cyclic N) is 1. The number of nitrogens with one attached hydrogen (secondary N) is 1. The summed E-state index contributed by atoms with van der Waals surface area (Å²) in [6.07, 6.45) is 1.41. The van der Waals surface area contributed by atoms with Gasteiger partial charge in [-0.25, -0.2) is 4.79 Å². The highest BCUT2D eigenvalue weighted by atomic mass is 16.5. The number of urea groups is 1. The normalized spacial score (nSPS) is 18.8. The van der Waals surface area contributed by atoms with E-state index in [1.54, 1.807) is 12.0 Å². The van der Waals surface area contributed by atoms with Crippen LogP contribution in [-0.2, 0) is 12.1 Å². The third-order valence-corrected chi connectivity index (χ3v) is 5.01. The molecule has 2 amide bonds. The number of rotatable bonds is 7. The Morgan fingerprint density at radius 1 is 1.21 bits per heavy atom. The van der Waals surface area contributed by atoms with Gasteiger partial charge in [0.15, 0.2) is 11.5 Å². The van der Waals surface area contributed by atoms with Crippen molar-refractivity contribution in [3.63, 3.8) is 0 Å². The molecule has 3 rings (SSSR count). The summed E-state index contributed by atoms with van der Waals surface area (Å²) in [6.45, 7) is 3.74. The van der Waals surface area contributed by atoms with Gasteiger partial charge in [0.05, 0.1) is 20.3 Å². The molecule has 1 atom stereocenters. The van der Waals surface area contributed by atoms with Crippen molar-refractivity contribution in [1.82, 2.24) is 10.2 Å². The number of methoxy groups -OCH3 is 1. The van der Waals surface area contributed by atoms with Crippen LogP contribution in [0.25, 0.3) is 0 Å². The first kappa shape index (κ1) is 20.0. The fourth-order valence-electron chi connectivity index (χ4n) is 3.46. The second-order valence-electron chi connectivity index (χ2n) is 7.02. The molecule has 6 nitrogen and oxygen atoms in total. The van der Waals surface area contributed by atoms with Gasteiger partial charge < -0.3 is 24.8 Å². The summed E-state index contributed by atoms with van der Waals surface area (Å²) >= 11 is 0. The molecule has 1 aliphatic heterocycles. The van der Waals surface area contributed by atoms with Crippen molar-refractivity contribution in [3.05, 3.63) is 59.7 Å². The Balaban J connectivity index is 1.64. The van der Waals surface area contributed by atoms with Gasteiger partial charge in [-0.2, -0.15) is 0 Å². The van der Waals surface area contributed by atoms with Crippen LogP contribution in [0.4, 0.5) is 4.79 Å². The number of carbonyl (C=O) groups is 1. The van der Waals surface area contributed by atoms with Crippen molar-refractivity contribution in [3.8, 4) is 11.5 Å². The molecule has 1 aliphatic rings. The van der Waals surface area contributed by atoms with Crippen LogP contribution in [-0.4, -0.2) is 42.8 Å². The van der Waals surface area contributed by atoms with E-state index < -0.39 is 5.60 Å². The van der Waals surface area contributed by atoms with Crippen molar-refractivity contribution in [2.45, 2.75) is 31.9 Å². The van der Waals surface area contributed by atoms with Crippen molar-refractivity contribution >= 4 is 6.03 Å². The molecule has 28 heavy (non-hydrogen) atoms. The zero-order valence-electron chi connectivity index (χ0n) is 16.5.